The van der Waals surface area contributed by atoms with E-state index >= 15 is 0 Å². The van der Waals surface area contributed by atoms with Crippen molar-refractivity contribution in [2.24, 2.45) is 0 Å². The molecule has 2 aromatic heterocycles. The second-order valence-corrected chi connectivity index (χ2v) is 8.09. The minimum atomic E-state index is 0.0948. The number of piperazine rings is 1. The Labute approximate surface area is 170 Å². The van der Waals surface area contributed by atoms with Gasteiger partial charge in [0.1, 0.15) is 12.1 Å². The van der Waals surface area contributed by atoms with Crippen molar-refractivity contribution < 1.29 is 0 Å². The number of anilines is 2. The third-order valence-corrected chi connectivity index (χ3v) is 6.24. The van der Waals surface area contributed by atoms with Gasteiger partial charge in [-0.15, -0.1) is 0 Å². The van der Waals surface area contributed by atoms with Gasteiger partial charge >= 0.3 is 0 Å². The molecule has 0 bridgehead atoms. The summed E-state index contributed by atoms with van der Waals surface area (Å²) in [4.78, 5) is 30.8. The third kappa shape index (κ3) is 3.45. The molecule has 2 fully saturated rings. The second kappa shape index (κ2) is 7.46. The molecule has 0 spiro atoms. The van der Waals surface area contributed by atoms with Crippen molar-refractivity contribution >= 4 is 22.4 Å². The zero-order valence-corrected chi connectivity index (χ0v) is 16.8. The van der Waals surface area contributed by atoms with Gasteiger partial charge in [-0.05, 0) is 38.0 Å². The van der Waals surface area contributed by atoms with Crippen LogP contribution in [0.2, 0.25) is 0 Å². The molecule has 150 valence electrons. The van der Waals surface area contributed by atoms with Crippen molar-refractivity contribution in [3.8, 4) is 0 Å². The molecule has 0 N–H and O–H groups in total. The van der Waals surface area contributed by atoms with Crippen LogP contribution in [0.3, 0.4) is 0 Å². The van der Waals surface area contributed by atoms with Gasteiger partial charge in [0, 0.05) is 49.7 Å². The second-order valence-electron chi connectivity index (χ2n) is 8.09. The summed E-state index contributed by atoms with van der Waals surface area (Å²) in [6.45, 7) is 5.63. The molecular weight excluding hydrogens is 364 g/mol. The number of hydrogen-bond acceptors (Lipinski definition) is 6. The molecule has 2 aliphatic rings. The van der Waals surface area contributed by atoms with Crippen LogP contribution in [0, 0.1) is 6.92 Å². The van der Waals surface area contributed by atoms with Gasteiger partial charge in [0.05, 0.1) is 17.2 Å². The van der Waals surface area contributed by atoms with Gasteiger partial charge in [0.15, 0.2) is 0 Å². The molecule has 0 amide bonds. The van der Waals surface area contributed by atoms with Crippen LogP contribution >= 0.6 is 0 Å². The van der Waals surface area contributed by atoms with Gasteiger partial charge in [-0.2, -0.15) is 0 Å². The Hall–Kier alpha value is -2.96. The quantitative estimate of drug-likeness (QED) is 0.685. The summed E-state index contributed by atoms with van der Waals surface area (Å²) < 4.78 is 1.84. The number of hydrogen-bond donors (Lipinski definition) is 0. The average molecular weight is 390 g/mol. The van der Waals surface area contributed by atoms with E-state index < -0.39 is 0 Å². The minimum Gasteiger partial charge on any atom is -0.368 e. The van der Waals surface area contributed by atoms with E-state index in [9.17, 15) is 4.79 Å². The smallest absolute Gasteiger partial charge is 0.261 e. The SMILES string of the molecule is Cc1cc(N2CCN(c3ccc4c(=O)n(C5CCCC5)cnc4c3)CC2)ncn1. The average Bonchev–Trinajstić information content (AvgIpc) is 3.28. The van der Waals surface area contributed by atoms with Crippen LogP contribution in [0.4, 0.5) is 11.5 Å². The van der Waals surface area contributed by atoms with Crippen LogP contribution < -0.4 is 15.4 Å². The van der Waals surface area contributed by atoms with Crippen molar-refractivity contribution in [2.75, 3.05) is 36.0 Å². The minimum absolute atomic E-state index is 0.0948. The normalized spacial score (nSPS) is 18.0. The van der Waals surface area contributed by atoms with E-state index in [0.717, 1.165) is 67.1 Å². The van der Waals surface area contributed by atoms with Gasteiger partial charge in [0.25, 0.3) is 5.56 Å². The van der Waals surface area contributed by atoms with Gasteiger partial charge in [-0.25, -0.2) is 15.0 Å². The van der Waals surface area contributed by atoms with Gasteiger partial charge < -0.3 is 9.80 Å². The van der Waals surface area contributed by atoms with E-state index in [-0.39, 0.29) is 5.56 Å². The van der Waals surface area contributed by atoms with E-state index in [4.69, 9.17) is 0 Å². The molecule has 0 radical (unpaired) electrons. The molecular formula is C22H26N6O. The predicted molar refractivity (Wildman–Crippen MR) is 115 cm³/mol. The maximum absolute atomic E-state index is 12.9. The van der Waals surface area contributed by atoms with Crippen LogP contribution in [0.25, 0.3) is 10.9 Å². The molecule has 3 aromatic rings. The monoisotopic (exact) mass is 390 g/mol. The Balaban J connectivity index is 1.35. The molecule has 1 saturated carbocycles. The highest BCUT2D eigenvalue weighted by Crippen LogP contribution is 2.29. The molecule has 0 unspecified atom stereocenters. The number of aromatic nitrogens is 4. The summed E-state index contributed by atoms with van der Waals surface area (Å²) >= 11 is 0. The van der Waals surface area contributed by atoms with Gasteiger partial charge in [0.2, 0.25) is 0 Å². The van der Waals surface area contributed by atoms with Crippen molar-refractivity contribution in [2.45, 2.75) is 38.6 Å². The summed E-state index contributed by atoms with van der Waals surface area (Å²) in [7, 11) is 0. The zero-order chi connectivity index (χ0) is 19.8. The molecule has 7 nitrogen and oxygen atoms in total. The lowest BCUT2D eigenvalue weighted by molar-refractivity contribution is 0.499. The predicted octanol–water partition coefficient (Wildman–Crippen LogP) is 2.94. The largest absolute Gasteiger partial charge is 0.368 e. The third-order valence-electron chi connectivity index (χ3n) is 6.24. The van der Waals surface area contributed by atoms with Gasteiger partial charge in [-0.3, -0.25) is 9.36 Å². The van der Waals surface area contributed by atoms with E-state index in [0.29, 0.717) is 6.04 Å². The lowest BCUT2D eigenvalue weighted by Gasteiger charge is -2.36. The summed E-state index contributed by atoms with van der Waals surface area (Å²) in [5, 5.41) is 0.721. The van der Waals surface area contributed by atoms with Crippen molar-refractivity contribution in [1.29, 1.82) is 0 Å². The fourth-order valence-corrected chi connectivity index (χ4v) is 4.57. The molecule has 5 rings (SSSR count). The van der Waals surface area contributed by atoms with E-state index in [1.165, 1.54) is 12.8 Å². The van der Waals surface area contributed by atoms with Crippen LogP contribution in [-0.2, 0) is 0 Å². The van der Waals surface area contributed by atoms with E-state index in [1.807, 2.05) is 23.6 Å². The molecule has 1 aromatic carbocycles. The summed E-state index contributed by atoms with van der Waals surface area (Å²) in [6.07, 6.45) is 7.95. The molecule has 29 heavy (non-hydrogen) atoms. The van der Waals surface area contributed by atoms with E-state index in [1.54, 1.807) is 12.7 Å². The number of rotatable bonds is 3. The maximum Gasteiger partial charge on any atom is 0.261 e. The summed E-state index contributed by atoms with van der Waals surface area (Å²) in [5.41, 5.74) is 3.00. The molecule has 1 saturated heterocycles. The standard InChI is InChI=1S/C22H26N6O/c1-16-12-21(24-14-23-16)27-10-8-26(9-11-27)18-6-7-19-20(13-18)25-15-28(22(19)29)17-4-2-3-5-17/h6-7,12-15,17H,2-5,8-11H2,1H3. The lowest BCUT2D eigenvalue weighted by Crippen LogP contribution is -2.46. The number of fused-ring (bicyclic) bond motifs is 1. The highest BCUT2D eigenvalue weighted by Gasteiger charge is 2.21. The molecule has 0 atom stereocenters. The van der Waals surface area contributed by atoms with Crippen LogP contribution in [-0.4, -0.2) is 45.7 Å². The first-order chi connectivity index (χ1) is 14.2. The first kappa shape index (κ1) is 18.1. The summed E-state index contributed by atoms with van der Waals surface area (Å²) in [6, 6.07) is 8.42. The lowest BCUT2D eigenvalue weighted by atomic mass is 10.1. The maximum atomic E-state index is 12.9. The van der Waals surface area contributed by atoms with Crippen molar-refractivity contribution in [1.82, 2.24) is 19.5 Å². The molecule has 7 heteroatoms. The van der Waals surface area contributed by atoms with Crippen molar-refractivity contribution in [3.05, 3.63) is 53.0 Å². The first-order valence-corrected chi connectivity index (χ1v) is 10.5. The fraction of sp³-hybridized carbons (Fsp3) is 0.455. The number of benzene rings is 1. The Bertz CT molecular complexity index is 1080. The molecule has 1 aliphatic carbocycles. The first-order valence-electron chi connectivity index (χ1n) is 10.5. The highest BCUT2D eigenvalue weighted by atomic mass is 16.1. The number of aryl methyl sites for hydroxylation is 1. The zero-order valence-electron chi connectivity index (χ0n) is 16.8. The number of nitrogens with zero attached hydrogens (tertiary/aromatic N) is 6. The molecule has 3 heterocycles. The summed E-state index contributed by atoms with van der Waals surface area (Å²) in [5.74, 6) is 0.991. The van der Waals surface area contributed by atoms with Crippen LogP contribution in [0.5, 0.6) is 0 Å². The Kier molecular flexibility index (Phi) is 4.66. The van der Waals surface area contributed by atoms with Crippen molar-refractivity contribution in [3.63, 3.8) is 0 Å². The Morgan fingerprint density at radius 2 is 1.69 bits per heavy atom. The Morgan fingerprint density at radius 1 is 0.931 bits per heavy atom. The van der Waals surface area contributed by atoms with Crippen LogP contribution in [0.15, 0.2) is 41.7 Å². The topological polar surface area (TPSA) is 67.2 Å². The Morgan fingerprint density at radius 3 is 2.45 bits per heavy atom. The van der Waals surface area contributed by atoms with E-state index in [2.05, 4.69) is 36.9 Å². The molecule has 1 aliphatic heterocycles. The van der Waals surface area contributed by atoms with Crippen LogP contribution in [0.1, 0.15) is 37.4 Å². The van der Waals surface area contributed by atoms with Gasteiger partial charge in [-0.1, -0.05) is 12.8 Å². The fourth-order valence-electron chi connectivity index (χ4n) is 4.57. The highest BCUT2D eigenvalue weighted by molar-refractivity contribution is 5.81.